The average molecular weight is 304 g/mol. The molecule has 0 bridgehead atoms. The molecule has 0 radical (unpaired) electrons. The summed E-state index contributed by atoms with van der Waals surface area (Å²) in [6.07, 6.45) is 0.422. The molecule has 0 aromatic heterocycles. The van der Waals surface area contributed by atoms with E-state index in [9.17, 15) is 4.79 Å². The van der Waals surface area contributed by atoms with Crippen LogP contribution in [0.2, 0.25) is 0 Å². The molecule has 0 spiro atoms. The molecule has 0 saturated carbocycles. The normalized spacial score (nSPS) is 10.1. The van der Waals surface area contributed by atoms with Crippen molar-refractivity contribution >= 4 is 21.8 Å². The largest absolute Gasteiger partial charge is 0.352 e. The predicted octanol–water partition coefficient (Wildman–Crippen LogP) is 3.31. The maximum Gasteiger partial charge on any atom is 0.224 e. The first-order chi connectivity index (χ1) is 8.75. The van der Waals surface area contributed by atoms with E-state index in [-0.39, 0.29) is 5.91 Å². The van der Waals surface area contributed by atoms with Gasteiger partial charge in [-0.25, -0.2) is 0 Å². The SMILES string of the molecule is O=C(Cc1ccccc1)NCc1ccccc1Br. The van der Waals surface area contributed by atoms with E-state index in [2.05, 4.69) is 21.2 Å². The van der Waals surface area contributed by atoms with Crippen LogP contribution in [0.3, 0.4) is 0 Å². The van der Waals surface area contributed by atoms with Crippen LogP contribution in [0.5, 0.6) is 0 Å². The topological polar surface area (TPSA) is 29.1 Å². The zero-order valence-electron chi connectivity index (χ0n) is 9.90. The third-order valence-corrected chi connectivity index (χ3v) is 3.41. The van der Waals surface area contributed by atoms with Crippen molar-refractivity contribution in [3.63, 3.8) is 0 Å². The van der Waals surface area contributed by atoms with Gasteiger partial charge in [0.15, 0.2) is 0 Å². The first-order valence-corrected chi connectivity index (χ1v) is 6.59. The molecule has 2 nitrogen and oxygen atoms in total. The van der Waals surface area contributed by atoms with Gasteiger partial charge in [-0.15, -0.1) is 0 Å². The van der Waals surface area contributed by atoms with E-state index in [0.29, 0.717) is 13.0 Å². The van der Waals surface area contributed by atoms with Gasteiger partial charge in [-0.1, -0.05) is 64.5 Å². The number of hydrogen-bond acceptors (Lipinski definition) is 1. The van der Waals surface area contributed by atoms with E-state index >= 15 is 0 Å². The number of carbonyl (C=O) groups is 1. The van der Waals surface area contributed by atoms with Crippen LogP contribution in [-0.4, -0.2) is 5.91 Å². The zero-order chi connectivity index (χ0) is 12.8. The molecular weight excluding hydrogens is 290 g/mol. The molecule has 0 heterocycles. The number of carbonyl (C=O) groups excluding carboxylic acids is 1. The molecule has 0 aliphatic heterocycles. The Kier molecular flexibility index (Phi) is 4.53. The summed E-state index contributed by atoms with van der Waals surface area (Å²) >= 11 is 3.46. The van der Waals surface area contributed by atoms with Crippen LogP contribution in [0.15, 0.2) is 59.1 Å². The fourth-order valence-electron chi connectivity index (χ4n) is 1.68. The fourth-order valence-corrected chi connectivity index (χ4v) is 2.10. The predicted molar refractivity (Wildman–Crippen MR) is 76.1 cm³/mol. The number of halogens is 1. The van der Waals surface area contributed by atoms with Crippen LogP contribution in [0.4, 0.5) is 0 Å². The maximum atomic E-state index is 11.8. The van der Waals surface area contributed by atoms with Gasteiger partial charge < -0.3 is 5.32 Å². The fraction of sp³-hybridized carbons (Fsp3) is 0.133. The average Bonchev–Trinajstić information content (AvgIpc) is 2.39. The van der Waals surface area contributed by atoms with E-state index in [1.807, 2.05) is 54.6 Å². The van der Waals surface area contributed by atoms with E-state index in [1.165, 1.54) is 0 Å². The minimum atomic E-state index is 0.0388. The molecule has 0 aliphatic carbocycles. The maximum absolute atomic E-state index is 11.8. The van der Waals surface area contributed by atoms with Crippen molar-refractivity contribution < 1.29 is 4.79 Å². The van der Waals surface area contributed by atoms with E-state index in [4.69, 9.17) is 0 Å². The lowest BCUT2D eigenvalue weighted by atomic mass is 10.1. The Morgan fingerprint density at radius 3 is 2.39 bits per heavy atom. The third kappa shape index (κ3) is 3.70. The van der Waals surface area contributed by atoms with Crippen molar-refractivity contribution in [3.8, 4) is 0 Å². The summed E-state index contributed by atoms with van der Waals surface area (Å²) < 4.78 is 1.02. The Balaban J connectivity index is 1.88. The lowest BCUT2D eigenvalue weighted by molar-refractivity contribution is -0.120. The lowest BCUT2D eigenvalue weighted by Gasteiger charge is -2.07. The Morgan fingerprint density at radius 1 is 1.00 bits per heavy atom. The Morgan fingerprint density at radius 2 is 1.67 bits per heavy atom. The summed E-state index contributed by atoms with van der Waals surface area (Å²) in [6.45, 7) is 0.549. The number of amides is 1. The zero-order valence-corrected chi connectivity index (χ0v) is 11.5. The Labute approximate surface area is 115 Å². The molecule has 18 heavy (non-hydrogen) atoms. The summed E-state index contributed by atoms with van der Waals surface area (Å²) in [7, 11) is 0. The van der Waals surface area contributed by atoms with Gasteiger partial charge >= 0.3 is 0 Å². The second-order valence-electron chi connectivity index (χ2n) is 4.03. The Bertz CT molecular complexity index is 525. The molecule has 1 amide bonds. The molecule has 0 fully saturated rings. The van der Waals surface area contributed by atoms with Crippen molar-refractivity contribution in [2.45, 2.75) is 13.0 Å². The minimum absolute atomic E-state index is 0.0388. The van der Waals surface area contributed by atoms with Gasteiger partial charge in [-0.2, -0.15) is 0 Å². The summed E-state index contributed by atoms with van der Waals surface area (Å²) in [5.74, 6) is 0.0388. The van der Waals surface area contributed by atoms with Crippen LogP contribution in [0.1, 0.15) is 11.1 Å². The molecule has 0 aliphatic rings. The molecule has 1 N–H and O–H groups in total. The standard InChI is InChI=1S/C15H14BrNO/c16-14-9-5-4-8-13(14)11-17-15(18)10-12-6-2-1-3-7-12/h1-9H,10-11H2,(H,17,18). The van der Waals surface area contributed by atoms with Crippen LogP contribution in [-0.2, 0) is 17.8 Å². The lowest BCUT2D eigenvalue weighted by Crippen LogP contribution is -2.24. The first kappa shape index (κ1) is 12.8. The monoisotopic (exact) mass is 303 g/mol. The van der Waals surface area contributed by atoms with Gasteiger partial charge in [0.25, 0.3) is 0 Å². The highest BCUT2D eigenvalue weighted by molar-refractivity contribution is 9.10. The highest BCUT2D eigenvalue weighted by atomic mass is 79.9. The highest BCUT2D eigenvalue weighted by Gasteiger charge is 2.04. The Hall–Kier alpha value is -1.61. The van der Waals surface area contributed by atoms with E-state index in [1.54, 1.807) is 0 Å². The van der Waals surface area contributed by atoms with Gasteiger partial charge in [0, 0.05) is 11.0 Å². The summed E-state index contributed by atoms with van der Waals surface area (Å²) in [4.78, 5) is 11.8. The number of hydrogen-bond donors (Lipinski definition) is 1. The van der Waals surface area contributed by atoms with Crippen LogP contribution in [0, 0.1) is 0 Å². The van der Waals surface area contributed by atoms with E-state index in [0.717, 1.165) is 15.6 Å². The molecule has 2 aromatic rings. The van der Waals surface area contributed by atoms with Crippen molar-refractivity contribution in [2.75, 3.05) is 0 Å². The van der Waals surface area contributed by atoms with Crippen molar-refractivity contribution in [1.29, 1.82) is 0 Å². The molecule has 92 valence electrons. The molecule has 0 unspecified atom stereocenters. The van der Waals surface area contributed by atoms with Crippen molar-refractivity contribution in [2.24, 2.45) is 0 Å². The molecule has 2 rings (SSSR count). The molecule has 2 aromatic carbocycles. The number of rotatable bonds is 4. The molecule has 0 atom stereocenters. The second kappa shape index (κ2) is 6.36. The second-order valence-corrected chi connectivity index (χ2v) is 4.88. The minimum Gasteiger partial charge on any atom is -0.352 e. The molecular formula is C15H14BrNO. The quantitative estimate of drug-likeness (QED) is 0.922. The van der Waals surface area contributed by atoms with Crippen LogP contribution >= 0.6 is 15.9 Å². The number of nitrogens with one attached hydrogen (secondary N) is 1. The van der Waals surface area contributed by atoms with Gasteiger partial charge in [-0.3, -0.25) is 4.79 Å². The van der Waals surface area contributed by atoms with E-state index < -0.39 is 0 Å². The van der Waals surface area contributed by atoms with Gasteiger partial charge in [-0.05, 0) is 17.2 Å². The van der Waals surface area contributed by atoms with Crippen LogP contribution in [0.25, 0.3) is 0 Å². The van der Waals surface area contributed by atoms with Crippen molar-refractivity contribution in [3.05, 3.63) is 70.2 Å². The first-order valence-electron chi connectivity index (χ1n) is 5.80. The molecule has 0 saturated heterocycles. The van der Waals surface area contributed by atoms with Gasteiger partial charge in [0.1, 0.15) is 0 Å². The van der Waals surface area contributed by atoms with Gasteiger partial charge in [0.05, 0.1) is 6.42 Å². The summed E-state index contributed by atoms with van der Waals surface area (Å²) in [5.41, 5.74) is 2.11. The third-order valence-electron chi connectivity index (χ3n) is 2.64. The summed E-state index contributed by atoms with van der Waals surface area (Å²) in [5, 5.41) is 2.92. The van der Waals surface area contributed by atoms with Gasteiger partial charge in [0.2, 0.25) is 5.91 Å². The summed E-state index contributed by atoms with van der Waals surface area (Å²) in [6, 6.07) is 17.6. The van der Waals surface area contributed by atoms with Crippen molar-refractivity contribution in [1.82, 2.24) is 5.32 Å². The number of benzene rings is 2. The highest BCUT2D eigenvalue weighted by Crippen LogP contribution is 2.15. The smallest absolute Gasteiger partial charge is 0.224 e. The van der Waals surface area contributed by atoms with Crippen LogP contribution < -0.4 is 5.32 Å². The molecule has 3 heteroatoms.